The summed E-state index contributed by atoms with van der Waals surface area (Å²) in [5, 5.41) is 9.40. The number of ether oxygens (including phenoxy) is 2. The first kappa shape index (κ1) is 18.6. The Kier molecular flexibility index (Phi) is 5.16. The largest absolute Gasteiger partial charge is 0.497 e. The first-order valence-electron chi connectivity index (χ1n) is 9.20. The lowest BCUT2D eigenvalue weighted by Gasteiger charge is -2.34. The fraction of sp³-hybridized carbons (Fsp3) is 0.130. The molecule has 0 saturated carbocycles. The number of para-hydroxylation sites is 1. The number of hydrogen-bond donors (Lipinski definition) is 1. The molecule has 1 heterocycles. The third kappa shape index (κ3) is 3.78. The fourth-order valence-electron chi connectivity index (χ4n) is 3.19. The molecule has 1 aliphatic heterocycles. The van der Waals surface area contributed by atoms with E-state index in [9.17, 15) is 4.79 Å². The summed E-state index contributed by atoms with van der Waals surface area (Å²) in [5.74, 6) is 1.36. The van der Waals surface area contributed by atoms with Crippen molar-refractivity contribution in [3.63, 3.8) is 0 Å². The van der Waals surface area contributed by atoms with Crippen molar-refractivity contribution in [2.45, 2.75) is 6.17 Å². The molecule has 3 aromatic rings. The van der Waals surface area contributed by atoms with E-state index in [2.05, 4.69) is 10.4 Å². The molecule has 1 amide bonds. The highest BCUT2D eigenvalue weighted by atomic mass is 16.5. The summed E-state index contributed by atoms with van der Waals surface area (Å²) in [6.45, 7) is 0. The molecule has 0 radical (unpaired) electrons. The average Bonchev–Trinajstić information content (AvgIpc) is 2.79. The summed E-state index contributed by atoms with van der Waals surface area (Å²) in [7, 11) is 3.25. The minimum atomic E-state index is -0.433. The number of hydrazone groups is 1. The number of fused-ring (bicyclic) bond motifs is 1. The summed E-state index contributed by atoms with van der Waals surface area (Å²) in [5.41, 5.74) is 3.14. The van der Waals surface area contributed by atoms with Crippen molar-refractivity contribution in [1.29, 1.82) is 0 Å². The normalized spacial score (nSPS) is 15.7. The molecule has 1 atom stereocenters. The highest BCUT2D eigenvalue weighted by Gasteiger charge is 2.32. The molecule has 1 aliphatic rings. The Morgan fingerprint density at radius 1 is 0.897 bits per heavy atom. The lowest BCUT2D eigenvalue weighted by Crippen LogP contribution is -2.39. The number of nitrogens with zero attached hydrogens (tertiary/aromatic N) is 2. The smallest absolute Gasteiger partial charge is 0.278 e. The standard InChI is InChI=1S/C23H21N3O3/c1-28-18-11-7-16(8-12-18)15-24-26-22(17-9-13-19(29-2)14-10-17)25-21-6-4-3-5-20(21)23(26)27/h3-15,22,25H,1-2H3. The van der Waals surface area contributed by atoms with Crippen molar-refractivity contribution in [2.24, 2.45) is 5.10 Å². The van der Waals surface area contributed by atoms with E-state index in [1.54, 1.807) is 26.5 Å². The zero-order valence-corrected chi connectivity index (χ0v) is 16.2. The quantitative estimate of drug-likeness (QED) is 0.663. The third-order valence-corrected chi connectivity index (χ3v) is 4.78. The van der Waals surface area contributed by atoms with Crippen molar-refractivity contribution in [3.8, 4) is 11.5 Å². The van der Waals surface area contributed by atoms with Crippen molar-refractivity contribution in [3.05, 3.63) is 89.5 Å². The number of amides is 1. The van der Waals surface area contributed by atoms with E-state index in [-0.39, 0.29) is 5.91 Å². The van der Waals surface area contributed by atoms with Gasteiger partial charge in [-0.3, -0.25) is 4.79 Å². The van der Waals surface area contributed by atoms with E-state index < -0.39 is 6.17 Å². The Hall–Kier alpha value is -3.80. The topological polar surface area (TPSA) is 63.2 Å². The molecule has 6 heteroatoms. The molecule has 1 N–H and O–H groups in total. The molecule has 1 unspecified atom stereocenters. The molecule has 146 valence electrons. The molecule has 0 aliphatic carbocycles. The first-order chi connectivity index (χ1) is 14.2. The second-order valence-corrected chi connectivity index (χ2v) is 6.53. The molecule has 3 aromatic carbocycles. The Bertz CT molecular complexity index is 1030. The fourth-order valence-corrected chi connectivity index (χ4v) is 3.19. The lowest BCUT2D eigenvalue weighted by atomic mass is 10.0. The number of rotatable bonds is 5. The third-order valence-electron chi connectivity index (χ3n) is 4.78. The monoisotopic (exact) mass is 387 g/mol. The van der Waals surface area contributed by atoms with Crippen LogP contribution in [0.3, 0.4) is 0 Å². The lowest BCUT2D eigenvalue weighted by molar-refractivity contribution is 0.0691. The van der Waals surface area contributed by atoms with E-state index in [0.717, 1.165) is 28.3 Å². The Balaban J connectivity index is 1.69. The number of hydrogen-bond acceptors (Lipinski definition) is 5. The van der Waals surface area contributed by atoms with Gasteiger partial charge in [-0.1, -0.05) is 24.3 Å². The molecule has 0 saturated heterocycles. The van der Waals surface area contributed by atoms with Crippen LogP contribution in [0.5, 0.6) is 11.5 Å². The number of nitrogens with one attached hydrogen (secondary N) is 1. The van der Waals surface area contributed by atoms with Gasteiger partial charge < -0.3 is 14.8 Å². The Morgan fingerprint density at radius 3 is 2.17 bits per heavy atom. The minimum absolute atomic E-state index is 0.162. The number of carbonyl (C=O) groups is 1. The summed E-state index contributed by atoms with van der Waals surface area (Å²) >= 11 is 0. The maximum absolute atomic E-state index is 13.2. The Labute approximate surface area is 169 Å². The summed E-state index contributed by atoms with van der Waals surface area (Å²) in [6.07, 6.45) is 1.24. The average molecular weight is 387 g/mol. The molecule has 6 nitrogen and oxygen atoms in total. The molecular formula is C23H21N3O3. The molecule has 4 rings (SSSR count). The van der Waals surface area contributed by atoms with E-state index in [1.807, 2.05) is 66.7 Å². The van der Waals surface area contributed by atoms with Crippen LogP contribution in [0.4, 0.5) is 5.69 Å². The van der Waals surface area contributed by atoms with E-state index in [0.29, 0.717) is 5.56 Å². The highest BCUT2D eigenvalue weighted by Crippen LogP contribution is 2.33. The molecule has 0 spiro atoms. The summed E-state index contributed by atoms with van der Waals surface area (Å²) in [4.78, 5) is 13.2. The highest BCUT2D eigenvalue weighted by molar-refractivity contribution is 6.02. The number of carbonyl (C=O) groups excluding carboxylic acids is 1. The number of benzene rings is 3. The number of methoxy groups -OCH3 is 2. The zero-order valence-electron chi connectivity index (χ0n) is 16.2. The predicted molar refractivity (Wildman–Crippen MR) is 113 cm³/mol. The van der Waals surface area contributed by atoms with Crippen molar-refractivity contribution < 1.29 is 14.3 Å². The van der Waals surface area contributed by atoms with E-state index in [1.165, 1.54) is 5.01 Å². The van der Waals surface area contributed by atoms with Crippen LogP contribution in [0.15, 0.2) is 77.9 Å². The first-order valence-corrected chi connectivity index (χ1v) is 9.20. The van der Waals surface area contributed by atoms with Crippen LogP contribution in [-0.2, 0) is 0 Å². The molecule has 0 fully saturated rings. The predicted octanol–water partition coefficient (Wildman–Crippen LogP) is 4.30. The van der Waals surface area contributed by atoms with Crippen molar-refractivity contribution in [1.82, 2.24) is 5.01 Å². The van der Waals surface area contributed by atoms with Gasteiger partial charge in [-0.25, -0.2) is 5.01 Å². The maximum Gasteiger partial charge on any atom is 0.278 e. The molecule has 0 aromatic heterocycles. The summed E-state index contributed by atoms with van der Waals surface area (Å²) in [6, 6.07) is 22.5. The van der Waals surface area contributed by atoms with Crippen LogP contribution in [0.2, 0.25) is 0 Å². The van der Waals surface area contributed by atoms with Crippen LogP contribution in [0.1, 0.15) is 27.7 Å². The molecule has 29 heavy (non-hydrogen) atoms. The molecule has 0 bridgehead atoms. The van der Waals surface area contributed by atoms with Gasteiger partial charge in [0.05, 0.1) is 26.0 Å². The number of anilines is 1. The van der Waals surface area contributed by atoms with Crippen molar-refractivity contribution in [2.75, 3.05) is 19.5 Å². The SMILES string of the molecule is COc1ccc(C=NN2C(=O)c3ccccc3NC2c2ccc(OC)cc2)cc1. The van der Waals surface area contributed by atoms with Gasteiger partial charge in [0.1, 0.15) is 11.5 Å². The van der Waals surface area contributed by atoms with Gasteiger partial charge in [0.25, 0.3) is 5.91 Å². The van der Waals surface area contributed by atoms with Gasteiger partial charge in [0.2, 0.25) is 0 Å². The van der Waals surface area contributed by atoms with E-state index >= 15 is 0 Å². The molecular weight excluding hydrogens is 366 g/mol. The second-order valence-electron chi connectivity index (χ2n) is 6.53. The van der Waals surface area contributed by atoms with Crippen LogP contribution in [-0.4, -0.2) is 31.4 Å². The van der Waals surface area contributed by atoms with Gasteiger partial charge in [-0.05, 0) is 59.7 Å². The van der Waals surface area contributed by atoms with Crippen LogP contribution in [0.25, 0.3) is 0 Å². The van der Waals surface area contributed by atoms with Crippen LogP contribution < -0.4 is 14.8 Å². The summed E-state index contributed by atoms with van der Waals surface area (Å²) < 4.78 is 10.4. The van der Waals surface area contributed by atoms with E-state index in [4.69, 9.17) is 9.47 Å². The van der Waals surface area contributed by atoms with Gasteiger partial charge in [-0.15, -0.1) is 0 Å². The van der Waals surface area contributed by atoms with Gasteiger partial charge in [0, 0.05) is 5.69 Å². The van der Waals surface area contributed by atoms with Gasteiger partial charge in [-0.2, -0.15) is 5.10 Å². The zero-order chi connectivity index (χ0) is 20.2. The second kappa shape index (κ2) is 8.06. The van der Waals surface area contributed by atoms with Gasteiger partial charge in [0.15, 0.2) is 6.17 Å². The van der Waals surface area contributed by atoms with Gasteiger partial charge >= 0.3 is 0 Å². The Morgan fingerprint density at radius 2 is 1.52 bits per heavy atom. The maximum atomic E-state index is 13.2. The van der Waals surface area contributed by atoms with Crippen molar-refractivity contribution >= 4 is 17.8 Å². The van der Waals surface area contributed by atoms with Crippen LogP contribution in [0, 0.1) is 0 Å². The van der Waals surface area contributed by atoms with Crippen LogP contribution >= 0.6 is 0 Å². The minimum Gasteiger partial charge on any atom is -0.497 e.